The molecule has 0 aromatic carbocycles. The minimum absolute atomic E-state index is 0.0121. The van der Waals surface area contributed by atoms with Gasteiger partial charge in [0.25, 0.3) is 0 Å². The number of fused-ring (bicyclic) bond motifs is 1. The molecule has 2 amide bonds. The molecule has 2 saturated carbocycles. The van der Waals surface area contributed by atoms with Crippen LogP contribution in [0.2, 0.25) is 0 Å². The second-order valence-electron chi connectivity index (χ2n) is 9.58. The summed E-state index contributed by atoms with van der Waals surface area (Å²) in [5.74, 6) is 0.652. The predicted molar refractivity (Wildman–Crippen MR) is 128 cm³/mol. The van der Waals surface area contributed by atoms with E-state index < -0.39 is 0 Å². The molecule has 2 aliphatic carbocycles. The van der Waals surface area contributed by atoms with E-state index in [1.54, 1.807) is 11.3 Å². The van der Waals surface area contributed by atoms with Gasteiger partial charge in [-0.05, 0) is 39.5 Å². The summed E-state index contributed by atoms with van der Waals surface area (Å²) >= 11 is 1.70. The first kappa shape index (κ1) is 22.4. The normalized spacial score (nSPS) is 21.3. The number of amides is 2. The van der Waals surface area contributed by atoms with Gasteiger partial charge in [-0.1, -0.05) is 49.9 Å². The first-order chi connectivity index (χ1) is 15.0. The summed E-state index contributed by atoms with van der Waals surface area (Å²) in [6, 6.07) is 0.889. The standard InChI is InChI=1S/C23H38N6OS/c1-16(2)25-22(30)28-14-13-19-20(15-28)31-23(27-19)29(18-11-7-4-8-12-18)21(24)26-17-9-5-3-6-10-17/h16-18H,3-15H2,1-2H3,(H2,24,26)(H,25,30). The molecule has 4 rings (SSSR count). The Balaban J connectivity index is 1.55. The molecule has 0 saturated heterocycles. The van der Waals surface area contributed by atoms with Gasteiger partial charge in [0.05, 0.1) is 18.3 Å². The lowest BCUT2D eigenvalue weighted by Gasteiger charge is -2.34. The molecule has 2 fully saturated rings. The molecule has 0 atom stereocenters. The second kappa shape index (κ2) is 10.2. The van der Waals surface area contributed by atoms with E-state index in [1.165, 1.54) is 43.4 Å². The largest absolute Gasteiger partial charge is 0.369 e. The van der Waals surface area contributed by atoms with Crippen LogP contribution in [-0.4, -0.2) is 46.5 Å². The summed E-state index contributed by atoms with van der Waals surface area (Å²) in [4.78, 5) is 27.8. The average Bonchev–Trinajstić information content (AvgIpc) is 3.17. The van der Waals surface area contributed by atoms with Gasteiger partial charge in [-0.3, -0.25) is 4.90 Å². The molecule has 3 N–H and O–H groups in total. The zero-order valence-electron chi connectivity index (χ0n) is 19.1. The second-order valence-corrected chi connectivity index (χ2v) is 10.6. The number of aliphatic imine (C=N–C) groups is 1. The third-order valence-corrected chi connectivity index (χ3v) is 7.78. The monoisotopic (exact) mass is 446 g/mol. The Morgan fingerprint density at radius 3 is 2.52 bits per heavy atom. The number of aromatic nitrogens is 1. The highest BCUT2D eigenvalue weighted by Gasteiger charge is 2.31. The highest BCUT2D eigenvalue weighted by Crippen LogP contribution is 2.35. The summed E-state index contributed by atoms with van der Waals surface area (Å²) in [7, 11) is 0. The molecular formula is C23H38N6OS. The lowest BCUT2D eigenvalue weighted by atomic mass is 9.94. The van der Waals surface area contributed by atoms with Crippen molar-refractivity contribution < 1.29 is 4.79 Å². The van der Waals surface area contributed by atoms with Gasteiger partial charge >= 0.3 is 6.03 Å². The van der Waals surface area contributed by atoms with Crippen molar-refractivity contribution in [1.82, 2.24) is 15.2 Å². The molecule has 2 heterocycles. The highest BCUT2D eigenvalue weighted by molar-refractivity contribution is 7.16. The van der Waals surface area contributed by atoms with Crippen molar-refractivity contribution in [1.29, 1.82) is 0 Å². The average molecular weight is 447 g/mol. The zero-order chi connectivity index (χ0) is 21.8. The van der Waals surface area contributed by atoms with Crippen LogP contribution < -0.4 is 16.0 Å². The third kappa shape index (κ3) is 5.51. The maximum absolute atomic E-state index is 12.5. The van der Waals surface area contributed by atoms with Crippen LogP contribution in [-0.2, 0) is 13.0 Å². The summed E-state index contributed by atoms with van der Waals surface area (Å²) in [6.45, 7) is 5.33. The summed E-state index contributed by atoms with van der Waals surface area (Å²) in [5, 5.41) is 3.98. The van der Waals surface area contributed by atoms with E-state index in [0.29, 0.717) is 31.1 Å². The molecule has 8 heteroatoms. The maximum Gasteiger partial charge on any atom is 0.317 e. The highest BCUT2D eigenvalue weighted by atomic mass is 32.1. The smallest absolute Gasteiger partial charge is 0.317 e. The van der Waals surface area contributed by atoms with Crippen LogP contribution in [0.15, 0.2) is 4.99 Å². The zero-order valence-corrected chi connectivity index (χ0v) is 19.9. The van der Waals surface area contributed by atoms with Gasteiger partial charge in [0.1, 0.15) is 0 Å². The van der Waals surface area contributed by atoms with E-state index in [1.807, 2.05) is 18.7 Å². The summed E-state index contributed by atoms with van der Waals surface area (Å²) in [6.07, 6.45) is 13.0. The van der Waals surface area contributed by atoms with Gasteiger partial charge < -0.3 is 16.0 Å². The van der Waals surface area contributed by atoms with Gasteiger partial charge in [-0.2, -0.15) is 0 Å². The topological polar surface area (TPSA) is 86.9 Å². The van der Waals surface area contributed by atoms with Crippen LogP contribution in [0.3, 0.4) is 0 Å². The number of nitrogens with one attached hydrogen (secondary N) is 1. The first-order valence-corrected chi connectivity index (χ1v) is 13.0. The van der Waals surface area contributed by atoms with Crippen LogP contribution in [0.25, 0.3) is 0 Å². The Labute approximate surface area is 190 Å². The van der Waals surface area contributed by atoms with Gasteiger partial charge in [-0.15, -0.1) is 0 Å². The lowest BCUT2D eigenvalue weighted by molar-refractivity contribution is 0.190. The number of guanidine groups is 1. The van der Waals surface area contributed by atoms with Gasteiger partial charge in [0.15, 0.2) is 11.1 Å². The molecule has 0 radical (unpaired) electrons. The van der Waals surface area contributed by atoms with Crippen molar-refractivity contribution in [2.45, 2.75) is 109 Å². The van der Waals surface area contributed by atoms with Crippen LogP contribution in [0, 0.1) is 0 Å². The van der Waals surface area contributed by atoms with Crippen LogP contribution in [0.4, 0.5) is 9.93 Å². The number of rotatable bonds is 4. The van der Waals surface area contributed by atoms with E-state index >= 15 is 0 Å². The fourth-order valence-corrected chi connectivity index (χ4v) is 6.24. The summed E-state index contributed by atoms with van der Waals surface area (Å²) in [5.41, 5.74) is 7.79. The predicted octanol–water partition coefficient (Wildman–Crippen LogP) is 4.41. The number of anilines is 1. The van der Waals surface area contributed by atoms with Gasteiger partial charge in [0, 0.05) is 29.9 Å². The van der Waals surface area contributed by atoms with E-state index in [2.05, 4.69) is 10.2 Å². The van der Waals surface area contributed by atoms with Crippen molar-refractivity contribution in [3.05, 3.63) is 10.6 Å². The number of urea groups is 1. The Morgan fingerprint density at radius 1 is 1.16 bits per heavy atom. The van der Waals surface area contributed by atoms with Crippen molar-refractivity contribution >= 4 is 28.5 Å². The number of thiazole rings is 1. The molecule has 1 aromatic heterocycles. The van der Waals surface area contributed by atoms with Crippen molar-refractivity contribution in [2.75, 3.05) is 11.4 Å². The third-order valence-electron chi connectivity index (χ3n) is 6.70. The van der Waals surface area contributed by atoms with Crippen LogP contribution >= 0.6 is 11.3 Å². The SMILES string of the molecule is CC(C)NC(=O)N1CCc2nc(N(C(N)=NC3CCCCC3)C3CCCCC3)sc2C1. The van der Waals surface area contributed by atoms with Crippen molar-refractivity contribution in [3.63, 3.8) is 0 Å². The van der Waals surface area contributed by atoms with Gasteiger partial charge in [-0.25, -0.2) is 14.8 Å². The molecular weight excluding hydrogens is 408 g/mol. The molecule has 1 aliphatic heterocycles. The van der Waals surface area contributed by atoms with Crippen LogP contribution in [0.5, 0.6) is 0 Å². The summed E-state index contributed by atoms with van der Waals surface area (Å²) < 4.78 is 0. The number of nitrogens with zero attached hydrogens (tertiary/aromatic N) is 4. The first-order valence-electron chi connectivity index (χ1n) is 12.2. The minimum atomic E-state index is 0.0121. The molecule has 0 spiro atoms. The number of nitrogens with two attached hydrogens (primary N) is 1. The minimum Gasteiger partial charge on any atom is -0.369 e. The van der Waals surface area contributed by atoms with E-state index in [-0.39, 0.29) is 12.1 Å². The van der Waals surface area contributed by atoms with Gasteiger partial charge in [0.2, 0.25) is 0 Å². The Kier molecular flexibility index (Phi) is 7.35. The molecule has 0 unspecified atom stereocenters. The van der Waals surface area contributed by atoms with E-state index in [0.717, 1.165) is 42.9 Å². The number of carbonyl (C=O) groups excluding carboxylic acids is 1. The molecule has 0 bridgehead atoms. The van der Waals surface area contributed by atoms with E-state index in [4.69, 9.17) is 15.7 Å². The van der Waals surface area contributed by atoms with Crippen LogP contribution in [0.1, 0.15) is 88.6 Å². The van der Waals surface area contributed by atoms with Crippen molar-refractivity contribution in [3.8, 4) is 0 Å². The van der Waals surface area contributed by atoms with E-state index in [9.17, 15) is 4.79 Å². The molecule has 31 heavy (non-hydrogen) atoms. The number of hydrogen-bond acceptors (Lipinski definition) is 4. The lowest BCUT2D eigenvalue weighted by Crippen LogP contribution is -2.46. The quantitative estimate of drug-likeness (QED) is 0.530. The fraction of sp³-hybridized carbons (Fsp3) is 0.783. The molecule has 172 valence electrons. The number of hydrogen-bond donors (Lipinski definition) is 2. The number of carbonyl (C=O) groups is 1. The maximum atomic E-state index is 12.5. The fourth-order valence-electron chi connectivity index (χ4n) is 5.04. The molecule has 1 aromatic rings. The Morgan fingerprint density at radius 2 is 1.84 bits per heavy atom. The molecule has 3 aliphatic rings. The Bertz CT molecular complexity index is 779. The van der Waals surface area contributed by atoms with Crippen molar-refractivity contribution in [2.24, 2.45) is 10.7 Å². The Hall–Kier alpha value is -1.83. The molecule has 7 nitrogen and oxygen atoms in total.